The molecule has 184 valence electrons. The van der Waals surface area contributed by atoms with Crippen molar-refractivity contribution in [3.05, 3.63) is 71.3 Å². The maximum absolute atomic E-state index is 13.9. The van der Waals surface area contributed by atoms with Gasteiger partial charge < -0.3 is 20.5 Å². The van der Waals surface area contributed by atoms with Gasteiger partial charge in [0, 0.05) is 36.7 Å². The van der Waals surface area contributed by atoms with Crippen molar-refractivity contribution in [1.29, 1.82) is 0 Å². The summed E-state index contributed by atoms with van der Waals surface area (Å²) in [4.78, 5) is 33.7. The summed E-state index contributed by atoms with van der Waals surface area (Å²) in [7, 11) is 1.95. The zero-order chi connectivity index (χ0) is 25.1. The number of nitrogens with one attached hydrogen (secondary N) is 1. The van der Waals surface area contributed by atoms with Crippen LogP contribution in [0.2, 0.25) is 0 Å². The zero-order valence-corrected chi connectivity index (χ0v) is 20.8. The van der Waals surface area contributed by atoms with Crippen molar-refractivity contribution in [2.24, 2.45) is 18.9 Å². The number of rotatable bonds is 5. The van der Waals surface area contributed by atoms with Gasteiger partial charge in [0.05, 0.1) is 16.5 Å². The second kappa shape index (κ2) is 8.44. The van der Waals surface area contributed by atoms with Crippen molar-refractivity contribution in [1.82, 2.24) is 19.8 Å². The first-order chi connectivity index (χ1) is 17.3. The van der Waals surface area contributed by atoms with Crippen molar-refractivity contribution >= 4 is 39.2 Å². The molecule has 4 aromatic rings. The monoisotopic (exact) mass is 503 g/mol. The number of hydrogen-bond acceptors (Lipinski definition) is 5. The molecule has 6 rings (SSSR count). The van der Waals surface area contributed by atoms with Crippen LogP contribution in [0.1, 0.15) is 33.0 Å². The lowest BCUT2D eigenvalue weighted by Crippen LogP contribution is -2.45. The summed E-state index contributed by atoms with van der Waals surface area (Å²) in [5.74, 6) is 0.0407. The Labute approximate surface area is 211 Å². The number of piperidine rings is 1. The van der Waals surface area contributed by atoms with Crippen LogP contribution in [0.15, 0.2) is 48.5 Å². The molecule has 1 saturated heterocycles. The first-order valence-corrected chi connectivity index (χ1v) is 12.8. The number of nitrogens with two attached hydrogens (primary N) is 1. The Morgan fingerprint density at radius 1 is 1.22 bits per heavy atom. The van der Waals surface area contributed by atoms with Crippen molar-refractivity contribution in [2.75, 3.05) is 18.8 Å². The maximum Gasteiger partial charge on any atom is 0.274 e. The number of benzene rings is 2. The third kappa shape index (κ3) is 3.65. The molecule has 9 heteroatoms. The number of likely N-dealkylation sites (tertiary alicyclic amines) is 1. The second-order valence-electron chi connectivity index (χ2n) is 9.67. The molecule has 36 heavy (non-hydrogen) atoms. The molecule has 3 heterocycles. The van der Waals surface area contributed by atoms with Crippen LogP contribution in [0.5, 0.6) is 0 Å². The van der Waals surface area contributed by atoms with Crippen molar-refractivity contribution in [2.45, 2.75) is 19.4 Å². The van der Waals surface area contributed by atoms with Crippen LogP contribution in [0.4, 0.5) is 9.52 Å². The Hall–Kier alpha value is -3.72. The smallest absolute Gasteiger partial charge is 0.274 e. The van der Waals surface area contributed by atoms with E-state index in [-0.39, 0.29) is 34.5 Å². The van der Waals surface area contributed by atoms with Crippen LogP contribution in [-0.4, -0.2) is 45.4 Å². The third-order valence-corrected chi connectivity index (χ3v) is 8.53. The number of carbonyl (C=O) groups excluding carboxylic acids is 2. The van der Waals surface area contributed by atoms with Crippen molar-refractivity contribution in [3.8, 4) is 10.4 Å². The number of para-hydroxylation sites is 1. The maximum atomic E-state index is 13.9. The highest BCUT2D eigenvalue weighted by molar-refractivity contribution is 7.19. The molecule has 7 nitrogen and oxygen atoms in total. The SMILES string of the molecule is Cc1c(C(=O)NC[C@@H]2[C@H]3C[C@H]3CN2C(=O)c2nc(N)sc2-c2cccc(F)c2)c2ccccc2n1C. The predicted molar refractivity (Wildman–Crippen MR) is 138 cm³/mol. The van der Waals surface area contributed by atoms with Crippen molar-refractivity contribution < 1.29 is 14.0 Å². The van der Waals surface area contributed by atoms with Gasteiger partial charge in [-0.05, 0) is 48.9 Å². The lowest BCUT2D eigenvalue weighted by Gasteiger charge is -2.27. The molecule has 2 fully saturated rings. The van der Waals surface area contributed by atoms with Gasteiger partial charge >= 0.3 is 0 Å². The predicted octanol–water partition coefficient (Wildman–Crippen LogP) is 4.22. The summed E-state index contributed by atoms with van der Waals surface area (Å²) in [6.45, 7) is 2.93. The number of fused-ring (bicyclic) bond motifs is 2. The molecular weight excluding hydrogens is 477 g/mol. The molecule has 0 spiro atoms. The third-order valence-electron chi connectivity index (χ3n) is 7.60. The average molecular weight is 504 g/mol. The van der Waals surface area contributed by atoms with Gasteiger partial charge in [0.2, 0.25) is 0 Å². The highest BCUT2D eigenvalue weighted by atomic mass is 32.1. The van der Waals surface area contributed by atoms with E-state index in [0.717, 1.165) is 23.0 Å². The summed E-state index contributed by atoms with van der Waals surface area (Å²) in [5, 5.41) is 4.28. The van der Waals surface area contributed by atoms with Gasteiger partial charge in [-0.1, -0.05) is 41.7 Å². The van der Waals surface area contributed by atoms with Gasteiger partial charge in [0.15, 0.2) is 5.13 Å². The van der Waals surface area contributed by atoms with Gasteiger partial charge in [-0.25, -0.2) is 9.37 Å². The molecule has 0 unspecified atom stereocenters. The number of nitrogen functional groups attached to an aromatic ring is 1. The number of anilines is 1. The number of aromatic nitrogens is 2. The van der Waals surface area contributed by atoms with E-state index in [1.807, 2.05) is 47.7 Å². The van der Waals surface area contributed by atoms with Crippen LogP contribution in [0.3, 0.4) is 0 Å². The fourth-order valence-corrected chi connectivity index (χ4v) is 6.42. The summed E-state index contributed by atoms with van der Waals surface area (Å²) >= 11 is 1.18. The van der Waals surface area contributed by atoms with Crippen LogP contribution in [-0.2, 0) is 7.05 Å². The molecule has 1 aliphatic carbocycles. The Bertz CT molecular complexity index is 1530. The van der Waals surface area contributed by atoms with Gasteiger partial charge in [0.1, 0.15) is 11.5 Å². The molecule has 1 saturated carbocycles. The van der Waals surface area contributed by atoms with E-state index in [1.54, 1.807) is 12.1 Å². The number of carbonyl (C=O) groups is 2. The number of nitrogens with zero attached hydrogens (tertiary/aromatic N) is 3. The number of hydrogen-bond donors (Lipinski definition) is 2. The van der Waals surface area contributed by atoms with Gasteiger partial charge in [-0.3, -0.25) is 9.59 Å². The molecule has 3 atom stereocenters. The van der Waals surface area contributed by atoms with Crippen LogP contribution in [0.25, 0.3) is 21.3 Å². The topological polar surface area (TPSA) is 93.2 Å². The van der Waals surface area contributed by atoms with E-state index >= 15 is 0 Å². The Morgan fingerprint density at radius 3 is 2.83 bits per heavy atom. The second-order valence-corrected chi connectivity index (χ2v) is 10.7. The molecule has 0 radical (unpaired) electrons. The van der Waals surface area contributed by atoms with Crippen molar-refractivity contribution in [3.63, 3.8) is 0 Å². The molecule has 2 amide bonds. The standard InChI is InChI=1S/C27H26FN5O2S/c1-14-22(18-8-3-4-9-20(18)32(14)2)25(34)30-12-21-19-11-16(19)13-33(21)26(35)23-24(36-27(29)31-23)15-6-5-7-17(28)10-15/h3-10,16,19,21H,11-13H2,1-2H3,(H2,29,31)(H,30,34)/t16-,19-,21+/m0/s1. The molecule has 1 aliphatic heterocycles. The van der Waals surface area contributed by atoms with Gasteiger partial charge in [-0.2, -0.15) is 0 Å². The van der Waals surface area contributed by atoms with Gasteiger partial charge in [0.25, 0.3) is 11.8 Å². The van der Waals surface area contributed by atoms with E-state index in [2.05, 4.69) is 10.3 Å². The minimum absolute atomic E-state index is 0.120. The van der Waals surface area contributed by atoms with E-state index in [4.69, 9.17) is 5.73 Å². The first-order valence-electron chi connectivity index (χ1n) is 12.0. The number of halogens is 1. The Balaban J connectivity index is 1.25. The van der Waals surface area contributed by atoms with Crippen LogP contribution in [0, 0.1) is 24.6 Å². The number of aryl methyl sites for hydroxylation is 1. The molecule has 2 aromatic heterocycles. The number of amides is 2. The van der Waals surface area contributed by atoms with Crippen LogP contribution < -0.4 is 11.1 Å². The van der Waals surface area contributed by atoms with E-state index < -0.39 is 0 Å². The molecular formula is C27H26FN5O2S. The lowest BCUT2D eigenvalue weighted by atomic mass is 10.1. The normalized spacial score (nSPS) is 20.5. The minimum Gasteiger partial charge on any atom is -0.375 e. The lowest BCUT2D eigenvalue weighted by molar-refractivity contribution is 0.0691. The molecule has 0 bridgehead atoms. The molecule has 2 aromatic carbocycles. The van der Waals surface area contributed by atoms with E-state index in [1.165, 1.54) is 23.5 Å². The van der Waals surface area contributed by atoms with E-state index in [9.17, 15) is 14.0 Å². The number of thiazole rings is 1. The highest BCUT2D eigenvalue weighted by Crippen LogP contribution is 2.50. The highest BCUT2D eigenvalue weighted by Gasteiger charge is 2.54. The first kappa shape index (κ1) is 22.7. The zero-order valence-electron chi connectivity index (χ0n) is 20.0. The summed E-state index contributed by atoms with van der Waals surface area (Å²) < 4.78 is 15.9. The largest absolute Gasteiger partial charge is 0.375 e. The minimum atomic E-state index is -0.385. The summed E-state index contributed by atoms with van der Waals surface area (Å²) in [6.07, 6.45) is 1.05. The fraction of sp³-hybridized carbons (Fsp3) is 0.296. The van der Waals surface area contributed by atoms with Gasteiger partial charge in [-0.15, -0.1) is 0 Å². The summed E-state index contributed by atoms with van der Waals surface area (Å²) in [6, 6.07) is 13.8. The summed E-state index contributed by atoms with van der Waals surface area (Å²) in [5.41, 5.74) is 9.36. The molecule has 2 aliphatic rings. The van der Waals surface area contributed by atoms with Crippen LogP contribution >= 0.6 is 11.3 Å². The fourth-order valence-electron chi connectivity index (χ4n) is 5.60. The molecule has 3 N–H and O–H groups in total. The average Bonchev–Trinajstić information content (AvgIpc) is 3.26. The Kier molecular flexibility index (Phi) is 5.33. The van der Waals surface area contributed by atoms with E-state index in [0.29, 0.717) is 40.9 Å². The Morgan fingerprint density at radius 2 is 2.03 bits per heavy atom. The quantitative estimate of drug-likeness (QED) is 0.426.